The monoisotopic (exact) mass is 762 g/mol. The predicted octanol–water partition coefficient (Wildman–Crippen LogP) is 15.7. The van der Waals surface area contributed by atoms with Gasteiger partial charge in [-0.15, -0.1) is 0 Å². The smallest absolute Gasteiger partial charge is 0.0620 e. The molecule has 0 fully saturated rings. The molecule has 0 aliphatic carbocycles. The molecule has 12 rings (SSSR count). The molecule has 10 aromatic carbocycles. The van der Waals surface area contributed by atoms with E-state index >= 15 is 0 Å². The van der Waals surface area contributed by atoms with E-state index < -0.39 is 0 Å². The summed E-state index contributed by atoms with van der Waals surface area (Å²) in [6.07, 6.45) is 0. The van der Waals surface area contributed by atoms with E-state index in [9.17, 15) is 0 Å². The Bertz CT molecular complexity index is 3520. The minimum Gasteiger partial charge on any atom is -0.309 e. The van der Waals surface area contributed by atoms with Crippen molar-refractivity contribution in [2.75, 3.05) is 0 Å². The van der Waals surface area contributed by atoms with Crippen LogP contribution in [-0.4, -0.2) is 9.13 Å². The van der Waals surface area contributed by atoms with Gasteiger partial charge in [0, 0.05) is 33.3 Å². The Morgan fingerprint density at radius 1 is 0.217 bits per heavy atom. The Kier molecular flexibility index (Phi) is 7.89. The fraction of sp³-hybridized carbons (Fsp3) is 0. The van der Waals surface area contributed by atoms with Crippen LogP contribution in [0.2, 0.25) is 0 Å². The predicted molar refractivity (Wildman–Crippen MR) is 254 cm³/mol. The first-order valence-electron chi connectivity index (χ1n) is 20.7. The first kappa shape index (κ1) is 34.1. The summed E-state index contributed by atoms with van der Waals surface area (Å²) < 4.78 is 4.97. The molecule has 0 unspecified atom stereocenters. The van der Waals surface area contributed by atoms with Crippen LogP contribution in [0, 0.1) is 0 Å². The lowest BCUT2D eigenvalue weighted by atomic mass is 9.90. The lowest BCUT2D eigenvalue weighted by Crippen LogP contribution is -1.99. The molecule has 0 N–H and O–H groups in total. The van der Waals surface area contributed by atoms with Crippen molar-refractivity contribution in [2.45, 2.75) is 0 Å². The van der Waals surface area contributed by atoms with Gasteiger partial charge in [0.2, 0.25) is 0 Å². The maximum absolute atomic E-state index is 2.51. The minimum atomic E-state index is 1.11. The van der Waals surface area contributed by atoms with Gasteiger partial charge in [-0.1, -0.05) is 188 Å². The van der Waals surface area contributed by atoms with E-state index in [2.05, 4.69) is 240 Å². The Morgan fingerprint density at radius 3 is 1.10 bits per heavy atom. The van der Waals surface area contributed by atoms with Crippen molar-refractivity contribution in [3.63, 3.8) is 0 Å². The van der Waals surface area contributed by atoms with Crippen molar-refractivity contribution in [1.82, 2.24) is 9.13 Å². The molecule has 0 bridgehead atoms. The number of hydrogen-bond acceptors (Lipinski definition) is 0. The molecule has 280 valence electrons. The van der Waals surface area contributed by atoms with Gasteiger partial charge in [0.1, 0.15) is 0 Å². The summed E-state index contributed by atoms with van der Waals surface area (Å²) in [7, 11) is 0. The molecule has 0 saturated carbocycles. The fourth-order valence-corrected chi connectivity index (χ4v) is 9.73. The summed E-state index contributed by atoms with van der Waals surface area (Å²) in [5.74, 6) is 0. The summed E-state index contributed by atoms with van der Waals surface area (Å²) in [6.45, 7) is 0. The van der Waals surface area contributed by atoms with Crippen LogP contribution in [-0.2, 0) is 0 Å². The zero-order chi connectivity index (χ0) is 39.6. The molecule has 0 atom stereocenters. The van der Waals surface area contributed by atoms with Crippen molar-refractivity contribution < 1.29 is 0 Å². The van der Waals surface area contributed by atoms with E-state index in [0.29, 0.717) is 0 Å². The van der Waals surface area contributed by atoms with E-state index in [1.54, 1.807) is 0 Å². The third kappa shape index (κ3) is 5.28. The van der Waals surface area contributed by atoms with Crippen molar-refractivity contribution in [3.05, 3.63) is 231 Å². The molecular formula is C58H38N2. The number of hydrogen-bond donors (Lipinski definition) is 0. The molecule has 0 aliphatic rings. The maximum atomic E-state index is 2.51. The van der Waals surface area contributed by atoms with E-state index in [1.165, 1.54) is 82.1 Å². The second kappa shape index (κ2) is 13.9. The fourth-order valence-electron chi connectivity index (χ4n) is 9.73. The highest BCUT2D eigenvalue weighted by molar-refractivity contribution is 6.26. The molecule has 0 radical (unpaired) electrons. The number of benzene rings is 10. The van der Waals surface area contributed by atoms with Gasteiger partial charge >= 0.3 is 0 Å². The highest BCUT2D eigenvalue weighted by Crippen LogP contribution is 2.51. The van der Waals surface area contributed by atoms with Crippen LogP contribution in [0.4, 0.5) is 0 Å². The number of fused-ring (bicyclic) bond motifs is 8. The van der Waals surface area contributed by atoms with Crippen molar-refractivity contribution in [2.24, 2.45) is 0 Å². The van der Waals surface area contributed by atoms with Gasteiger partial charge in [0.05, 0.1) is 22.4 Å². The highest BCUT2D eigenvalue weighted by atomic mass is 15.0. The van der Waals surface area contributed by atoms with Gasteiger partial charge in [-0.05, 0) is 97.0 Å². The Balaban J connectivity index is 1.25. The Hall–Kier alpha value is -7.94. The van der Waals surface area contributed by atoms with E-state index in [-0.39, 0.29) is 0 Å². The lowest BCUT2D eigenvalue weighted by molar-refractivity contribution is 1.13. The number of aromatic nitrogens is 2. The standard InChI is InChI=1S/C58H38N2/c1-4-18-39(19-5-1)40-32-35-44(36-33-40)60-54-31-17-15-29-51(54)56(58(60)42-34-37-49-47-26-11-10-24-45(47)46-25-12-13-27-48(46)52(49)38-42)55-50-28-14-16-30-53(50)59(43-22-8-3-9-23-43)57(55)41-20-6-2-7-21-41/h1-38H. The third-order valence-electron chi connectivity index (χ3n) is 12.3. The Morgan fingerprint density at radius 2 is 0.567 bits per heavy atom. The van der Waals surface area contributed by atoms with Crippen LogP contribution < -0.4 is 0 Å². The lowest BCUT2D eigenvalue weighted by Gasteiger charge is -2.17. The van der Waals surface area contributed by atoms with E-state index in [1.807, 2.05) is 0 Å². The number of nitrogens with zero attached hydrogens (tertiary/aromatic N) is 2. The van der Waals surface area contributed by atoms with Gasteiger partial charge in [0.15, 0.2) is 0 Å². The molecule has 12 aromatic rings. The number of para-hydroxylation sites is 3. The topological polar surface area (TPSA) is 9.86 Å². The summed E-state index contributed by atoms with van der Waals surface area (Å²) in [6, 6.07) is 84.3. The third-order valence-corrected chi connectivity index (χ3v) is 12.3. The van der Waals surface area contributed by atoms with Gasteiger partial charge in [-0.25, -0.2) is 0 Å². The van der Waals surface area contributed by atoms with Crippen molar-refractivity contribution in [3.8, 4) is 56.1 Å². The van der Waals surface area contributed by atoms with E-state index in [4.69, 9.17) is 0 Å². The summed E-state index contributed by atoms with van der Waals surface area (Å²) >= 11 is 0. The van der Waals surface area contributed by atoms with Crippen LogP contribution >= 0.6 is 0 Å². The van der Waals surface area contributed by atoms with Crippen LogP contribution in [0.5, 0.6) is 0 Å². The van der Waals surface area contributed by atoms with Crippen LogP contribution in [0.1, 0.15) is 0 Å². The van der Waals surface area contributed by atoms with Gasteiger partial charge in [0.25, 0.3) is 0 Å². The van der Waals surface area contributed by atoms with Crippen LogP contribution in [0.3, 0.4) is 0 Å². The maximum Gasteiger partial charge on any atom is 0.0620 e. The first-order valence-corrected chi connectivity index (χ1v) is 20.7. The first-order chi connectivity index (χ1) is 29.8. The van der Waals surface area contributed by atoms with Gasteiger partial charge in [-0.3, -0.25) is 0 Å². The number of rotatable bonds is 6. The highest BCUT2D eigenvalue weighted by Gasteiger charge is 2.29. The zero-order valence-electron chi connectivity index (χ0n) is 32.8. The Labute approximate surface area is 348 Å². The normalized spacial score (nSPS) is 11.7. The molecule has 0 saturated heterocycles. The second-order valence-corrected chi connectivity index (χ2v) is 15.6. The quantitative estimate of drug-likeness (QED) is 0.149. The summed E-state index contributed by atoms with van der Waals surface area (Å²) in [4.78, 5) is 0. The van der Waals surface area contributed by atoms with Gasteiger partial charge in [-0.2, -0.15) is 0 Å². The second-order valence-electron chi connectivity index (χ2n) is 15.6. The molecule has 2 nitrogen and oxygen atoms in total. The average Bonchev–Trinajstić information content (AvgIpc) is 3.85. The minimum absolute atomic E-state index is 1.11. The molecule has 0 aliphatic heterocycles. The van der Waals surface area contributed by atoms with Crippen molar-refractivity contribution in [1.29, 1.82) is 0 Å². The van der Waals surface area contributed by atoms with Gasteiger partial charge < -0.3 is 9.13 Å². The summed E-state index contributed by atoms with van der Waals surface area (Å²) in [5, 5.41) is 10.0. The molecule has 2 aromatic heterocycles. The zero-order valence-corrected chi connectivity index (χ0v) is 32.8. The van der Waals surface area contributed by atoms with Crippen molar-refractivity contribution >= 4 is 54.1 Å². The molecule has 2 heterocycles. The SMILES string of the molecule is c1ccc(-c2ccc(-n3c(-c4ccc5c6ccccc6c6ccccc6c5c4)c(-c4c(-c5ccccc5)n(-c5ccccc5)c5ccccc45)c4ccccc43)cc2)cc1. The average molecular weight is 763 g/mol. The summed E-state index contributed by atoms with van der Waals surface area (Å²) in [5.41, 5.74) is 14.1. The molecule has 0 spiro atoms. The molecular weight excluding hydrogens is 725 g/mol. The molecule has 2 heteroatoms. The van der Waals surface area contributed by atoms with Crippen LogP contribution in [0.25, 0.3) is 110 Å². The van der Waals surface area contributed by atoms with Crippen LogP contribution in [0.15, 0.2) is 231 Å². The largest absolute Gasteiger partial charge is 0.309 e. The molecule has 60 heavy (non-hydrogen) atoms. The van der Waals surface area contributed by atoms with E-state index in [0.717, 1.165) is 28.1 Å². The molecule has 0 amide bonds.